The van der Waals surface area contributed by atoms with Crippen LogP contribution in [0.25, 0.3) is 17.0 Å². The molecule has 1 aromatic carbocycles. The zero-order chi connectivity index (χ0) is 13.1. The molecule has 0 fully saturated rings. The maximum Gasteiger partial charge on any atom is 0.343 e. The number of carbonyl (C=O) groups excluding carboxylic acids is 1. The molecule has 0 atom stereocenters. The highest BCUT2D eigenvalue weighted by molar-refractivity contribution is 5.92. The van der Waals surface area contributed by atoms with Crippen molar-refractivity contribution in [1.29, 1.82) is 0 Å². The predicted molar refractivity (Wildman–Crippen MR) is 68.8 cm³/mol. The molecule has 4 nitrogen and oxygen atoms in total. The summed E-state index contributed by atoms with van der Waals surface area (Å²) in [6.45, 7) is 1.42. The Morgan fingerprint density at radius 3 is 2.78 bits per heavy atom. The third kappa shape index (κ3) is 2.48. The molecule has 0 amide bonds. The molecule has 2 rings (SSSR count). The Bertz CT molecular complexity index is 680. The van der Waals surface area contributed by atoms with E-state index in [-0.39, 0.29) is 5.78 Å². The number of carbonyl (C=O) groups is 1. The molecule has 0 aliphatic rings. The van der Waals surface area contributed by atoms with Gasteiger partial charge in [0.2, 0.25) is 0 Å². The third-order valence-corrected chi connectivity index (χ3v) is 2.47. The van der Waals surface area contributed by atoms with E-state index >= 15 is 0 Å². The molecular weight excluding hydrogens is 232 g/mol. The van der Waals surface area contributed by atoms with Crippen LogP contribution >= 0.6 is 0 Å². The predicted octanol–water partition coefficient (Wildman–Crippen LogP) is 2.40. The Morgan fingerprint density at radius 1 is 1.33 bits per heavy atom. The van der Waals surface area contributed by atoms with Crippen LogP contribution in [0.3, 0.4) is 0 Å². The standard InChI is InChI=1S/C14H12O4/c1-9(15)3-4-11-7-10-5-6-12(17-2)8-13(10)18-14(11)16/h3-8H,1-2H3. The van der Waals surface area contributed by atoms with Crippen LogP contribution in [0.15, 0.2) is 39.6 Å². The van der Waals surface area contributed by atoms with Crippen LogP contribution in [0.1, 0.15) is 12.5 Å². The number of ketones is 1. The number of benzene rings is 1. The molecule has 0 saturated heterocycles. The quantitative estimate of drug-likeness (QED) is 0.614. The molecule has 0 unspecified atom stereocenters. The Hall–Kier alpha value is -2.36. The zero-order valence-corrected chi connectivity index (χ0v) is 10.1. The van der Waals surface area contributed by atoms with Crippen LogP contribution in [0.4, 0.5) is 0 Å². The summed E-state index contributed by atoms with van der Waals surface area (Å²) >= 11 is 0. The van der Waals surface area contributed by atoms with Gasteiger partial charge in [0.15, 0.2) is 5.78 Å². The van der Waals surface area contributed by atoms with Crippen molar-refractivity contribution in [2.45, 2.75) is 6.92 Å². The number of methoxy groups -OCH3 is 1. The van der Waals surface area contributed by atoms with E-state index in [4.69, 9.17) is 9.15 Å². The molecule has 4 heteroatoms. The summed E-state index contributed by atoms with van der Waals surface area (Å²) in [4.78, 5) is 22.5. The van der Waals surface area contributed by atoms with Crippen molar-refractivity contribution in [1.82, 2.24) is 0 Å². The summed E-state index contributed by atoms with van der Waals surface area (Å²) in [5, 5.41) is 0.776. The Morgan fingerprint density at radius 2 is 2.11 bits per heavy atom. The summed E-state index contributed by atoms with van der Waals surface area (Å²) in [7, 11) is 1.54. The minimum absolute atomic E-state index is 0.121. The molecule has 0 aliphatic carbocycles. The fraction of sp³-hybridized carbons (Fsp3) is 0.143. The molecule has 1 aromatic heterocycles. The van der Waals surface area contributed by atoms with Crippen molar-refractivity contribution >= 4 is 22.8 Å². The topological polar surface area (TPSA) is 56.5 Å². The van der Waals surface area contributed by atoms with Crippen molar-refractivity contribution in [3.8, 4) is 5.75 Å². The average Bonchev–Trinajstić information content (AvgIpc) is 2.35. The summed E-state index contributed by atoms with van der Waals surface area (Å²) in [6.07, 6.45) is 2.79. The number of allylic oxidation sites excluding steroid dienone is 1. The number of ether oxygens (including phenoxy) is 1. The molecule has 92 valence electrons. The molecule has 18 heavy (non-hydrogen) atoms. The number of fused-ring (bicyclic) bond motifs is 1. The highest BCUT2D eigenvalue weighted by atomic mass is 16.5. The SMILES string of the molecule is COc1ccc2cc(C=CC(C)=O)c(=O)oc2c1. The summed E-state index contributed by atoms with van der Waals surface area (Å²) in [5.74, 6) is 0.502. The van der Waals surface area contributed by atoms with Gasteiger partial charge < -0.3 is 9.15 Å². The van der Waals surface area contributed by atoms with E-state index in [1.165, 1.54) is 19.1 Å². The average molecular weight is 244 g/mol. The molecule has 2 aromatic rings. The van der Waals surface area contributed by atoms with Crippen molar-refractivity contribution in [3.05, 3.63) is 46.3 Å². The first-order chi connectivity index (χ1) is 8.60. The molecular formula is C14H12O4. The molecule has 0 saturated carbocycles. The van der Waals surface area contributed by atoms with Gasteiger partial charge in [0.05, 0.1) is 12.7 Å². The van der Waals surface area contributed by atoms with Crippen LogP contribution in [-0.2, 0) is 4.79 Å². The summed E-state index contributed by atoms with van der Waals surface area (Å²) < 4.78 is 10.2. The van der Waals surface area contributed by atoms with E-state index in [1.54, 1.807) is 31.4 Å². The van der Waals surface area contributed by atoms with Gasteiger partial charge in [-0.15, -0.1) is 0 Å². The molecule has 1 heterocycles. The van der Waals surface area contributed by atoms with Gasteiger partial charge in [-0.2, -0.15) is 0 Å². The van der Waals surface area contributed by atoms with E-state index in [0.29, 0.717) is 16.9 Å². The van der Waals surface area contributed by atoms with Crippen LogP contribution in [0, 0.1) is 0 Å². The Kier molecular flexibility index (Phi) is 3.28. The van der Waals surface area contributed by atoms with E-state index in [0.717, 1.165) is 5.39 Å². The van der Waals surface area contributed by atoms with Crippen molar-refractivity contribution < 1.29 is 13.9 Å². The Balaban J connectivity index is 2.56. The lowest BCUT2D eigenvalue weighted by Gasteiger charge is -2.01. The van der Waals surface area contributed by atoms with Gasteiger partial charge in [-0.3, -0.25) is 4.79 Å². The molecule has 0 aliphatic heterocycles. The van der Waals surface area contributed by atoms with Crippen molar-refractivity contribution in [2.24, 2.45) is 0 Å². The first-order valence-corrected chi connectivity index (χ1v) is 5.40. The van der Waals surface area contributed by atoms with Crippen LogP contribution < -0.4 is 10.4 Å². The number of rotatable bonds is 3. The lowest BCUT2D eigenvalue weighted by atomic mass is 10.1. The van der Waals surface area contributed by atoms with Gasteiger partial charge in [0.1, 0.15) is 11.3 Å². The van der Waals surface area contributed by atoms with Gasteiger partial charge in [0.25, 0.3) is 0 Å². The normalized spacial score (nSPS) is 11.0. The smallest absolute Gasteiger partial charge is 0.343 e. The van der Waals surface area contributed by atoms with Crippen LogP contribution in [-0.4, -0.2) is 12.9 Å². The second kappa shape index (κ2) is 4.87. The van der Waals surface area contributed by atoms with E-state index < -0.39 is 5.63 Å². The van der Waals surface area contributed by atoms with Gasteiger partial charge in [0, 0.05) is 11.5 Å². The Labute approximate surface area is 103 Å². The van der Waals surface area contributed by atoms with Gasteiger partial charge in [-0.25, -0.2) is 4.79 Å². The highest BCUT2D eigenvalue weighted by Gasteiger charge is 2.04. The third-order valence-electron chi connectivity index (χ3n) is 2.47. The number of hydrogen-bond acceptors (Lipinski definition) is 4. The molecule has 0 N–H and O–H groups in total. The fourth-order valence-corrected chi connectivity index (χ4v) is 1.56. The van der Waals surface area contributed by atoms with Gasteiger partial charge in [-0.05, 0) is 37.3 Å². The van der Waals surface area contributed by atoms with Crippen molar-refractivity contribution in [3.63, 3.8) is 0 Å². The lowest BCUT2D eigenvalue weighted by molar-refractivity contribution is -0.112. The first kappa shape index (κ1) is 12.1. The van der Waals surface area contributed by atoms with E-state index in [1.807, 2.05) is 0 Å². The largest absolute Gasteiger partial charge is 0.497 e. The maximum atomic E-state index is 11.7. The highest BCUT2D eigenvalue weighted by Crippen LogP contribution is 2.20. The van der Waals surface area contributed by atoms with Crippen LogP contribution in [0.2, 0.25) is 0 Å². The maximum absolute atomic E-state index is 11.7. The van der Waals surface area contributed by atoms with E-state index in [2.05, 4.69) is 0 Å². The zero-order valence-electron chi connectivity index (χ0n) is 10.1. The molecule has 0 bridgehead atoms. The minimum Gasteiger partial charge on any atom is -0.497 e. The van der Waals surface area contributed by atoms with Gasteiger partial charge in [-0.1, -0.05) is 0 Å². The lowest BCUT2D eigenvalue weighted by Crippen LogP contribution is -2.02. The van der Waals surface area contributed by atoms with Crippen molar-refractivity contribution in [2.75, 3.05) is 7.11 Å². The minimum atomic E-state index is -0.478. The summed E-state index contributed by atoms with van der Waals surface area (Å²) in [5.41, 5.74) is 0.329. The second-order valence-electron chi connectivity index (χ2n) is 3.84. The van der Waals surface area contributed by atoms with Crippen LogP contribution in [0.5, 0.6) is 5.75 Å². The van der Waals surface area contributed by atoms with E-state index in [9.17, 15) is 9.59 Å². The molecule has 0 radical (unpaired) electrons. The van der Waals surface area contributed by atoms with Gasteiger partial charge >= 0.3 is 5.63 Å². The summed E-state index contributed by atoms with van der Waals surface area (Å²) in [6, 6.07) is 6.90. The second-order valence-corrected chi connectivity index (χ2v) is 3.84. The first-order valence-electron chi connectivity index (χ1n) is 5.40. The number of hydrogen-bond donors (Lipinski definition) is 0. The monoisotopic (exact) mass is 244 g/mol. The fourth-order valence-electron chi connectivity index (χ4n) is 1.56. The molecule has 0 spiro atoms.